The molecule has 3 rings (SSSR count). The van der Waals surface area contributed by atoms with Crippen LogP contribution in [0.5, 0.6) is 0 Å². The molecule has 2 N–H and O–H groups in total. The van der Waals surface area contributed by atoms with Gasteiger partial charge in [-0.1, -0.05) is 0 Å². The highest BCUT2D eigenvalue weighted by Crippen LogP contribution is 2.58. The molecule has 1 heterocycles. The van der Waals surface area contributed by atoms with Gasteiger partial charge in [0, 0.05) is 25.0 Å². The van der Waals surface area contributed by atoms with E-state index in [1.54, 1.807) is 7.05 Å². The van der Waals surface area contributed by atoms with E-state index in [0.717, 1.165) is 0 Å². The average Bonchev–Trinajstić information content (AvgIpc) is 3.31. The standard InChI is InChI=1S/C17H28F5N3/c1-24(11-15(7-8-15)17(20,21)22)12-4-9-25(10-5-12)13-3-2-6-16(18,19)14(13)23/h12-14H,2-11,23H2,1H3/t13-,14+/m0/s1. The molecule has 1 aliphatic heterocycles. The van der Waals surface area contributed by atoms with Gasteiger partial charge in [0.05, 0.1) is 11.5 Å². The Balaban J connectivity index is 1.52. The van der Waals surface area contributed by atoms with E-state index in [0.29, 0.717) is 38.8 Å². The van der Waals surface area contributed by atoms with Gasteiger partial charge in [-0.2, -0.15) is 13.2 Å². The van der Waals surface area contributed by atoms with Gasteiger partial charge in [-0.25, -0.2) is 8.78 Å². The number of alkyl halides is 5. The summed E-state index contributed by atoms with van der Waals surface area (Å²) in [5, 5.41) is 0. The molecule has 2 saturated carbocycles. The lowest BCUT2D eigenvalue weighted by atomic mass is 9.85. The highest BCUT2D eigenvalue weighted by atomic mass is 19.4. The number of hydrogen-bond acceptors (Lipinski definition) is 3. The normalized spacial score (nSPS) is 33.6. The summed E-state index contributed by atoms with van der Waals surface area (Å²) in [5.74, 6) is -2.82. The summed E-state index contributed by atoms with van der Waals surface area (Å²) in [6.07, 6.45) is -1.30. The third-order valence-electron chi connectivity index (χ3n) is 6.51. The smallest absolute Gasteiger partial charge is 0.321 e. The van der Waals surface area contributed by atoms with E-state index in [4.69, 9.17) is 5.73 Å². The molecule has 0 aromatic heterocycles. The zero-order chi connectivity index (χ0) is 18.5. The molecule has 3 nitrogen and oxygen atoms in total. The number of halogens is 5. The van der Waals surface area contributed by atoms with E-state index in [1.165, 1.54) is 0 Å². The number of nitrogens with zero attached hydrogens (tertiary/aromatic N) is 2. The van der Waals surface area contributed by atoms with E-state index in [2.05, 4.69) is 0 Å². The van der Waals surface area contributed by atoms with Crippen LogP contribution in [0, 0.1) is 5.41 Å². The van der Waals surface area contributed by atoms with Gasteiger partial charge in [-0.05, 0) is 58.7 Å². The fraction of sp³-hybridized carbons (Fsp3) is 1.00. The van der Waals surface area contributed by atoms with Crippen LogP contribution < -0.4 is 5.73 Å². The highest BCUT2D eigenvalue weighted by molar-refractivity contribution is 5.02. The molecular formula is C17H28F5N3. The molecule has 0 unspecified atom stereocenters. The van der Waals surface area contributed by atoms with Crippen molar-refractivity contribution in [3.8, 4) is 0 Å². The molecule has 3 aliphatic rings. The van der Waals surface area contributed by atoms with Gasteiger partial charge < -0.3 is 10.6 Å². The van der Waals surface area contributed by atoms with Crippen molar-refractivity contribution < 1.29 is 22.0 Å². The molecule has 3 fully saturated rings. The van der Waals surface area contributed by atoms with Crippen molar-refractivity contribution in [3.63, 3.8) is 0 Å². The van der Waals surface area contributed by atoms with Crippen LogP contribution in [0.15, 0.2) is 0 Å². The molecule has 0 bridgehead atoms. The Kier molecular flexibility index (Phi) is 5.10. The molecule has 2 aliphatic carbocycles. The lowest BCUT2D eigenvalue weighted by Crippen LogP contribution is -2.61. The monoisotopic (exact) mass is 369 g/mol. The van der Waals surface area contributed by atoms with E-state index < -0.39 is 23.6 Å². The summed E-state index contributed by atoms with van der Waals surface area (Å²) >= 11 is 0. The minimum Gasteiger partial charge on any atom is -0.321 e. The van der Waals surface area contributed by atoms with Gasteiger partial charge in [0.1, 0.15) is 0 Å². The van der Waals surface area contributed by atoms with Crippen LogP contribution in [-0.4, -0.2) is 66.7 Å². The largest absolute Gasteiger partial charge is 0.395 e. The van der Waals surface area contributed by atoms with Crippen LogP contribution in [0.3, 0.4) is 0 Å². The number of nitrogens with two attached hydrogens (primary N) is 1. The van der Waals surface area contributed by atoms with Crippen LogP contribution in [0.1, 0.15) is 44.9 Å². The van der Waals surface area contributed by atoms with Crippen molar-refractivity contribution >= 4 is 0 Å². The molecule has 0 spiro atoms. The van der Waals surface area contributed by atoms with Gasteiger partial charge >= 0.3 is 6.18 Å². The maximum Gasteiger partial charge on any atom is 0.395 e. The fourth-order valence-corrected chi connectivity index (χ4v) is 4.53. The van der Waals surface area contributed by atoms with Crippen molar-refractivity contribution in [2.45, 2.75) is 75.2 Å². The van der Waals surface area contributed by atoms with Crippen LogP contribution >= 0.6 is 0 Å². The predicted octanol–water partition coefficient (Wildman–Crippen LogP) is 3.24. The van der Waals surface area contributed by atoms with E-state index >= 15 is 0 Å². The second kappa shape index (κ2) is 6.60. The first-order chi connectivity index (χ1) is 11.6. The first-order valence-electron chi connectivity index (χ1n) is 9.20. The van der Waals surface area contributed by atoms with Crippen LogP contribution in [-0.2, 0) is 0 Å². The van der Waals surface area contributed by atoms with E-state index in [1.807, 2.05) is 9.80 Å². The molecule has 146 valence electrons. The van der Waals surface area contributed by atoms with Gasteiger partial charge in [0.15, 0.2) is 0 Å². The Bertz CT molecular complexity index is 469. The van der Waals surface area contributed by atoms with Crippen molar-refractivity contribution in [1.82, 2.24) is 9.80 Å². The Morgan fingerprint density at radius 2 is 1.68 bits per heavy atom. The average molecular weight is 369 g/mol. The lowest BCUT2D eigenvalue weighted by molar-refractivity contribution is -0.192. The molecule has 0 radical (unpaired) electrons. The van der Waals surface area contributed by atoms with Crippen molar-refractivity contribution in [1.29, 1.82) is 0 Å². The van der Waals surface area contributed by atoms with Crippen molar-refractivity contribution in [3.05, 3.63) is 0 Å². The lowest BCUT2D eigenvalue weighted by Gasteiger charge is -2.46. The van der Waals surface area contributed by atoms with Crippen LogP contribution in [0.2, 0.25) is 0 Å². The summed E-state index contributed by atoms with van der Waals surface area (Å²) in [6.45, 7) is 1.30. The number of likely N-dealkylation sites (tertiary alicyclic amines) is 1. The highest BCUT2D eigenvalue weighted by Gasteiger charge is 2.63. The predicted molar refractivity (Wildman–Crippen MR) is 85.5 cm³/mol. The number of rotatable bonds is 4. The summed E-state index contributed by atoms with van der Waals surface area (Å²) in [5.41, 5.74) is 4.27. The zero-order valence-corrected chi connectivity index (χ0v) is 14.7. The zero-order valence-electron chi connectivity index (χ0n) is 14.7. The van der Waals surface area contributed by atoms with Crippen LogP contribution in [0.25, 0.3) is 0 Å². The summed E-state index contributed by atoms with van der Waals surface area (Å²) in [7, 11) is 1.76. The van der Waals surface area contributed by atoms with Gasteiger partial charge in [0.2, 0.25) is 0 Å². The third-order valence-corrected chi connectivity index (χ3v) is 6.51. The second-order valence-corrected chi connectivity index (χ2v) is 8.21. The minimum atomic E-state index is -4.14. The van der Waals surface area contributed by atoms with Crippen molar-refractivity contribution in [2.75, 3.05) is 26.7 Å². The molecule has 1 saturated heterocycles. The summed E-state index contributed by atoms with van der Waals surface area (Å²) < 4.78 is 67.1. The SMILES string of the molecule is CN(CC1(C(F)(F)F)CC1)C1CCN([C@H]2CCCC(F)(F)[C@@H]2N)CC1. The number of piperidine rings is 1. The summed E-state index contributed by atoms with van der Waals surface area (Å²) in [6, 6.07) is -1.38. The molecule has 0 aromatic carbocycles. The molecule has 0 aromatic rings. The van der Waals surface area contributed by atoms with E-state index in [9.17, 15) is 22.0 Å². The molecule has 8 heteroatoms. The second-order valence-electron chi connectivity index (χ2n) is 8.21. The molecular weight excluding hydrogens is 341 g/mol. The molecule has 25 heavy (non-hydrogen) atoms. The third kappa shape index (κ3) is 3.81. The Labute approximate surface area is 145 Å². The first kappa shape index (κ1) is 19.3. The maximum atomic E-state index is 13.8. The topological polar surface area (TPSA) is 32.5 Å². The fourth-order valence-electron chi connectivity index (χ4n) is 4.53. The Morgan fingerprint density at radius 1 is 1.08 bits per heavy atom. The van der Waals surface area contributed by atoms with Crippen LogP contribution in [0.4, 0.5) is 22.0 Å². The summed E-state index contributed by atoms with van der Waals surface area (Å²) in [4.78, 5) is 3.85. The minimum absolute atomic E-state index is 0.0438. The quantitative estimate of drug-likeness (QED) is 0.773. The van der Waals surface area contributed by atoms with Gasteiger partial charge in [-0.3, -0.25) is 4.90 Å². The maximum absolute atomic E-state index is 13.8. The molecule has 2 atom stereocenters. The van der Waals surface area contributed by atoms with Gasteiger partial charge in [-0.15, -0.1) is 0 Å². The first-order valence-corrected chi connectivity index (χ1v) is 9.20. The van der Waals surface area contributed by atoms with Gasteiger partial charge in [0.25, 0.3) is 5.92 Å². The molecule has 0 amide bonds. The Morgan fingerprint density at radius 3 is 2.20 bits per heavy atom. The van der Waals surface area contributed by atoms with Crippen molar-refractivity contribution in [2.24, 2.45) is 11.1 Å². The van der Waals surface area contributed by atoms with E-state index in [-0.39, 0.29) is 37.9 Å². The number of hydrogen-bond donors (Lipinski definition) is 1. The Hall–Kier alpha value is -0.470.